The Kier molecular flexibility index (Phi) is 9.93. The number of aliphatic imine (C=N–C) groups is 1. The van der Waals surface area contributed by atoms with Crippen LogP contribution in [0.25, 0.3) is 0 Å². The molecule has 1 fully saturated rings. The first-order valence-electron chi connectivity index (χ1n) is 11.6. The molecule has 0 amide bonds. The molecule has 7 nitrogen and oxygen atoms in total. The Labute approximate surface area is 213 Å². The second kappa shape index (κ2) is 12.9. The van der Waals surface area contributed by atoms with Gasteiger partial charge in [0.2, 0.25) is 0 Å². The summed E-state index contributed by atoms with van der Waals surface area (Å²) in [4.78, 5) is 7.15. The number of piperidine rings is 1. The first-order chi connectivity index (χ1) is 15.7. The summed E-state index contributed by atoms with van der Waals surface area (Å²) in [5.74, 6) is 2.74. The Morgan fingerprint density at radius 2 is 1.79 bits per heavy atom. The van der Waals surface area contributed by atoms with E-state index in [1.54, 1.807) is 0 Å². The van der Waals surface area contributed by atoms with Crippen LogP contribution in [-0.2, 0) is 6.54 Å². The second-order valence-electron chi connectivity index (χ2n) is 8.31. The molecule has 2 aliphatic heterocycles. The minimum Gasteiger partial charge on any atom is -0.490 e. The van der Waals surface area contributed by atoms with Gasteiger partial charge in [0.05, 0.1) is 19.8 Å². The zero-order valence-electron chi connectivity index (χ0n) is 19.3. The Morgan fingerprint density at radius 3 is 2.48 bits per heavy atom. The van der Waals surface area contributed by atoms with Gasteiger partial charge < -0.3 is 30.1 Å². The summed E-state index contributed by atoms with van der Waals surface area (Å²) in [6.07, 6.45) is 3.00. The number of hydrogen-bond donors (Lipinski definition) is 3. The van der Waals surface area contributed by atoms with Crippen molar-refractivity contribution in [1.29, 1.82) is 0 Å². The summed E-state index contributed by atoms with van der Waals surface area (Å²) < 4.78 is 11.5. The zero-order chi connectivity index (χ0) is 22.2. The Hall–Kier alpha value is -2.20. The Bertz CT molecular complexity index is 899. The molecule has 8 heteroatoms. The number of nitrogens with one attached hydrogen (secondary N) is 2. The van der Waals surface area contributed by atoms with Gasteiger partial charge in [-0.05, 0) is 55.5 Å². The van der Waals surface area contributed by atoms with E-state index in [0.29, 0.717) is 32.3 Å². The van der Waals surface area contributed by atoms with Crippen LogP contribution in [0, 0.1) is 5.92 Å². The first kappa shape index (κ1) is 25.4. The molecule has 2 aliphatic rings. The average Bonchev–Trinajstić information content (AvgIpc) is 3.08. The molecule has 1 saturated heterocycles. The topological polar surface area (TPSA) is 78.4 Å². The lowest BCUT2D eigenvalue weighted by Crippen LogP contribution is -2.34. The number of benzene rings is 2. The van der Waals surface area contributed by atoms with Crippen LogP contribution in [-0.4, -0.2) is 50.5 Å². The highest BCUT2D eigenvalue weighted by molar-refractivity contribution is 14.0. The van der Waals surface area contributed by atoms with Gasteiger partial charge in [0.25, 0.3) is 0 Å². The van der Waals surface area contributed by atoms with Crippen molar-refractivity contribution >= 4 is 41.3 Å². The van der Waals surface area contributed by atoms with Crippen molar-refractivity contribution in [2.24, 2.45) is 10.9 Å². The van der Waals surface area contributed by atoms with Crippen LogP contribution in [0.2, 0.25) is 0 Å². The molecule has 3 N–H and O–H groups in total. The van der Waals surface area contributed by atoms with E-state index in [1.807, 2.05) is 18.2 Å². The summed E-state index contributed by atoms with van der Waals surface area (Å²) >= 11 is 0. The van der Waals surface area contributed by atoms with Crippen molar-refractivity contribution in [2.75, 3.05) is 49.7 Å². The fourth-order valence-corrected chi connectivity index (χ4v) is 4.04. The molecule has 0 radical (unpaired) electrons. The number of rotatable bonds is 6. The molecule has 0 unspecified atom stereocenters. The number of ether oxygens (including phenoxy) is 2. The summed E-state index contributed by atoms with van der Waals surface area (Å²) in [7, 11) is 0. The second-order valence-corrected chi connectivity index (χ2v) is 8.31. The summed E-state index contributed by atoms with van der Waals surface area (Å²) in [5.41, 5.74) is 3.32. The monoisotopic (exact) mass is 566 g/mol. The number of halogens is 1. The molecule has 0 atom stereocenters. The molecule has 4 rings (SSSR count). The zero-order valence-corrected chi connectivity index (χ0v) is 21.6. The van der Waals surface area contributed by atoms with Gasteiger partial charge in [-0.1, -0.05) is 12.1 Å². The number of guanidine groups is 1. The van der Waals surface area contributed by atoms with Gasteiger partial charge in [0, 0.05) is 50.1 Å². The van der Waals surface area contributed by atoms with Crippen LogP contribution >= 0.6 is 24.0 Å². The SMILES string of the molecule is CCNC(=NCc1ccc(N2CCC(CO)CC2)cc1)Nc1ccc2c(c1)OCCCO2.I. The maximum absolute atomic E-state index is 9.33. The number of aliphatic hydroxyl groups is 1. The number of fused-ring (bicyclic) bond motifs is 1. The molecule has 0 aliphatic carbocycles. The standard InChI is InChI=1S/C25H34N4O3.HI/c1-2-26-25(28-21-6-9-23-24(16-21)32-15-3-14-31-23)27-17-19-4-7-22(8-5-19)29-12-10-20(18-30)11-13-29;/h4-9,16,20,30H,2-3,10-15,17-18H2,1H3,(H2,26,27,28);1H. The molecular formula is C25H35IN4O3. The molecular weight excluding hydrogens is 531 g/mol. The van der Waals surface area contributed by atoms with E-state index in [4.69, 9.17) is 14.5 Å². The lowest BCUT2D eigenvalue weighted by Gasteiger charge is -2.32. The minimum atomic E-state index is 0. The highest BCUT2D eigenvalue weighted by atomic mass is 127. The van der Waals surface area contributed by atoms with Crippen molar-refractivity contribution in [3.05, 3.63) is 48.0 Å². The van der Waals surface area contributed by atoms with Gasteiger partial charge in [-0.2, -0.15) is 0 Å². The Morgan fingerprint density at radius 1 is 1.06 bits per heavy atom. The number of nitrogens with zero attached hydrogens (tertiary/aromatic N) is 2. The largest absolute Gasteiger partial charge is 0.490 e. The third kappa shape index (κ3) is 7.14. The lowest BCUT2D eigenvalue weighted by atomic mass is 9.97. The van der Waals surface area contributed by atoms with Crippen LogP contribution in [0.5, 0.6) is 11.5 Å². The summed E-state index contributed by atoms with van der Waals surface area (Å²) in [5, 5.41) is 16.0. The van der Waals surface area contributed by atoms with Crippen LogP contribution in [0.4, 0.5) is 11.4 Å². The molecule has 2 heterocycles. The molecule has 2 aromatic carbocycles. The molecule has 0 saturated carbocycles. The fourth-order valence-electron chi connectivity index (χ4n) is 4.04. The van der Waals surface area contributed by atoms with Gasteiger partial charge in [-0.25, -0.2) is 4.99 Å². The predicted octanol–water partition coefficient (Wildman–Crippen LogP) is 4.25. The lowest BCUT2D eigenvalue weighted by molar-refractivity contribution is 0.203. The molecule has 33 heavy (non-hydrogen) atoms. The third-order valence-corrected chi connectivity index (χ3v) is 5.95. The van der Waals surface area contributed by atoms with Crippen LogP contribution in [0.3, 0.4) is 0 Å². The summed E-state index contributed by atoms with van der Waals surface area (Å²) in [6, 6.07) is 14.5. The first-order valence-corrected chi connectivity index (χ1v) is 11.6. The number of aliphatic hydroxyl groups excluding tert-OH is 1. The highest BCUT2D eigenvalue weighted by Gasteiger charge is 2.18. The van der Waals surface area contributed by atoms with E-state index in [1.165, 1.54) is 5.69 Å². The highest BCUT2D eigenvalue weighted by Crippen LogP contribution is 2.32. The van der Waals surface area contributed by atoms with E-state index < -0.39 is 0 Å². The van der Waals surface area contributed by atoms with E-state index in [0.717, 1.165) is 67.6 Å². The quantitative estimate of drug-likeness (QED) is 0.276. The van der Waals surface area contributed by atoms with E-state index in [9.17, 15) is 5.11 Å². The number of anilines is 2. The normalized spacial score (nSPS) is 16.5. The minimum absolute atomic E-state index is 0. The predicted molar refractivity (Wildman–Crippen MR) is 144 cm³/mol. The van der Waals surface area contributed by atoms with E-state index >= 15 is 0 Å². The van der Waals surface area contributed by atoms with Gasteiger partial charge >= 0.3 is 0 Å². The molecule has 0 aromatic heterocycles. The van der Waals surface area contributed by atoms with E-state index in [2.05, 4.69) is 46.7 Å². The van der Waals surface area contributed by atoms with Crippen molar-refractivity contribution < 1.29 is 14.6 Å². The third-order valence-electron chi connectivity index (χ3n) is 5.95. The number of hydrogen-bond acceptors (Lipinski definition) is 5. The van der Waals surface area contributed by atoms with Crippen LogP contribution in [0.1, 0.15) is 31.7 Å². The smallest absolute Gasteiger partial charge is 0.196 e. The van der Waals surface area contributed by atoms with Crippen molar-refractivity contribution in [2.45, 2.75) is 32.7 Å². The maximum atomic E-state index is 9.33. The van der Waals surface area contributed by atoms with Gasteiger partial charge in [-0.15, -0.1) is 24.0 Å². The van der Waals surface area contributed by atoms with Crippen molar-refractivity contribution in [3.8, 4) is 11.5 Å². The van der Waals surface area contributed by atoms with Crippen LogP contribution in [0.15, 0.2) is 47.5 Å². The van der Waals surface area contributed by atoms with Crippen molar-refractivity contribution in [1.82, 2.24) is 5.32 Å². The molecule has 180 valence electrons. The van der Waals surface area contributed by atoms with Crippen molar-refractivity contribution in [3.63, 3.8) is 0 Å². The van der Waals surface area contributed by atoms with E-state index in [-0.39, 0.29) is 24.0 Å². The Balaban J connectivity index is 0.00000306. The molecule has 0 bridgehead atoms. The molecule has 0 spiro atoms. The van der Waals surface area contributed by atoms with Gasteiger partial charge in [0.15, 0.2) is 17.5 Å². The average molecular weight is 566 g/mol. The molecule has 2 aromatic rings. The maximum Gasteiger partial charge on any atom is 0.196 e. The summed E-state index contributed by atoms with van der Waals surface area (Å²) in [6.45, 7) is 7.09. The van der Waals surface area contributed by atoms with Crippen LogP contribution < -0.4 is 25.0 Å². The van der Waals surface area contributed by atoms with Gasteiger partial charge in [0.1, 0.15) is 0 Å². The fraction of sp³-hybridized carbons (Fsp3) is 0.480. The van der Waals surface area contributed by atoms with Gasteiger partial charge in [-0.3, -0.25) is 0 Å².